The summed E-state index contributed by atoms with van der Waals surface area (Å²) in [5, 5.41) is 0. The molecule has 100 valence electrons. The maximum Gasteiger partial charge on any atom is 0.308 e. The Hall–Kier alpha value is -0.610. The van der Waals surface area contributed by atoms with Crippen molar-refractivity contribution in [1.82, 2.24) is 0 Å². The maximum atomic E-state index is 11.5. The van der Waals surface area contributed by atoms with Crippen molar-refractivity contribution in [2.45, 2.75) is 70.5 Å². The zero-order chi connectivity index (χ0) is 12.9. The highest BCUT2D eigenvalue weighted by atomic mass is 17.2. The zero-order valence-corrected chi connectivity index (χ0v) is 11.4. The lowest BCUT2D eigenvalue weighted by molar-refractivity contribution is -0.408. The van der Waals surface area contributed by atoms with Gasteiger partial charge in [0.05, 0.1) is 19.1 Å². The van der Waals surface area contributed by atoms with Gasteiger partial charge in [-0.25, -0.2) is 9.78 Å². The summed E-state index contributed by atoms with van der Waals surface area (Å²) in [5.74, 6) is -0.232. The molecule has 4 heteroatoms. The third-order valence-electron chi connectivity index (χ3n) is 2.93. The molecule has 1 rings (SSSR count). The Morgan fingerprint density at radius 3 is 2.24 bits per heavy atom. The van der Waals surface area contributed by atoms with Crippen LogP contribution >= 0.6 is 0 Å². The molecule has 1 fully saturated rings. The predicted molar refractivity (Wildman–Crippen MR) is 64.4 cm³/mol. The number of esters is 1. The standard InChI is InChI=1S/C13H24O4/c1-12(2,3)16-17-13(10-11(14)15-4)8-6-5-7-9-13/h5-10H2,1-4H3. The van der Waals surface area contributed by atoms with E-state index in [0.717, 1.165) is 25.7 Å². The first-order chi connectivity index (χ1) is 7.87. The Morgan fingerprint density at radius 1 is 1.18 bits per heavy atom. The van der Waals surface area contributed by atoms with Crippen LogP contribution in [0.1, 0.15) is 59.3 Å². The van der Waals surface area contributed by atoms with Crippen molar-refractivity contribution in [1.29, 1.82) is 0 Å². The summed E-state index contributed by atoms with van der Waals surface area (Å²) in [6, 6.07) is 0. The fourth-order valence-corrected chi connectivity index (χ4v) is 2.03. The van der Waals surface area contributed by atoms with Crippen molar-refractivity contribution in [2.24, 2.45) is 0 Å². The molecule has 0 saturated heterocycles. The summed E-state index contributed by atoms with van der Waals surface area (Å²) in [5.41, 5.74) is -0.848. The molecule has 0 unspecified atom stereocenters. The summed E-state index contributed by atoms with van der Waals surface area (Å²) in [4.78, 5) is 22.5. The smallest absolute Gasteiger partial charge is 0.308 e. The van der Waals surface area contributed by atoms with E-state index >= 15 is 0 Å². The van der Waals surface area contributed by atoms with E-state index in [4.69, 9.17) is 14.5 Å². The minimum atomic E-state index is -0.487. The second-order valence-electron chi connectivity index (χ2n) is 5.78. The van der Waals surface area contributed by atoms with Gasteiger partial charge in [-0.3, -0.25) is 4.79 Å². The fraction of sp³-hybridized carbons (Fsp3) is 0.923. The summed E-state index contributed by atoms with van der Waals surface area (Å²) in [6.45, 7) is 5.80. The normalized spacial score (nSPS) is 20.0. The third kappa shape index (κ3) is 5.04. The van der Waals surface area contributed by atoms with E-state index in [-0.39, 0.29) is 18.0 Å². The van der Waals surface area contributed by atoms with Crippen molar-refractivity contribution < 1.29 is 19.3 Å². The van der Waals surface area contributed by atoms with Gasteiger partial charge < -0.3 is 4.74 Å². The van der Waals surface area contributed by atoms with Gasteiger partial charge in [-0.05, 0) is 33.6 Å². The molecule has 4 nitrogen and oxygen atoms in total. The summed E-state index contributed by atoms with van der Waals surface area (Å²) < 4.78 is 4.74. The highest BCUT2D eigenvalue weighted by molar-refractivity contribution is 5.70. The Balaban J connectivity index is 2.61. The van der Waals surface area contributed by atoms with E-state index in [1.165, 1.54) is 13.5 Å². The SMILES string of the molecule is COC(=O)CC1(OOC(C)(C)C)CCCCC1. The van der Waals surface area contributed by atoms with Gasteiger partial charge in [0.2, 0.25) is 0 Å². The molecule has 1 saturated carbocycles. The van der Waals surface area contributed by atoms with Crippen LogP contribution in [-0.2, 0) is 19.3 Å². The topological polar surface area (TPSA) is 44.8 Å². The second-order valence-corrected chi connectivity index (χ2v) is 5.78. The molecule has 0 radical (unpaired) electrons. The number of carbonyl (C=O) groups excluding carboxylic acids is 1. The molecule has 0 aromatic rings. The summed E-state index contributed by atoms with van der Waals surface area (Å²) in [6.07, 6.45) is 5.34. The van der Waals surface area contributed by atoms with Crippen LogP contribution in [0, 0.1) is 0 Å². The lowest BCUT2D eigenvalue weighted by Crippen LogP contribution is -2.40. The van der Waals surface area contributed by atoms with Crippen LogP contribution in [-0.4, -0.2) is 24.3 Å². The Kier molecular flexibility index (Phi) is 4.95. The van der Waals surface area contributed by atoms with E-state index < -0.39 is 5.60 Å². The maximum absolute atomic E-state index is 11.5. The van der Waals surface area contributed by atoms with Crippen LogP contribution in [0.25, 0.3) is 0 Å². The molecule has 0 spiro atoms. The lowest BCUT2D eigenvalue weighted by atomic mass is 9.82. The highest BCUT2D eigenvalue weighted by Gasteiger charge is 2.38. The van der Waals surface area contributed by atoms with E-state index in [2.05, 4.69) is 0 Å². The van der Waals surface area contributed by atoms with Gasteiger partial charge in [0.1, 0.15) is 5.60 Å². The number of hydrogen-bond donors (Lipinski definition) is 0. The Bertz CT molecular complexity index is 249. The summed E-state index contributed by atoms with van der Waals surface area (Å²) >= 11 is 0. The van der Waals surface area contributed by atoms with Gasteiger partial charge in [0.15, 0.2) is 0 Å². The van der Waals surface area contributed by atoms with Gasteiger partial charge >= 0.3 is 5.97 Å². The van der Waals surface area contributed by atoms with Gasteiger partial charge in [-0.15, -0.1) is 0 Å². The zero-order valence-electron chi connectivity index (χ0n) is 11.4. The van der Waals surface area contributed by atoms with Crippen LogP contribution in [0.15, 0.2) is 0 Å². The Morgan fingerprint density at radius 2 is 1.76 bits per heavy atom. The first kappa shape index (κ1) is 14.5. The van der Waals surface area contributed by atoms with E-state index in [1.54, 1.807) is 0 Å². The van der Waals surface area contributed by atoms with Crippen LogP contribution in [0.3, 0.4) is 0 Å². The number of carbonyl (C=O) groups is 1. The molecule has 0 bridgehead atoms. The average molecular weight is 244 g/mol. The van der Waals surface area contributed by atoms with Crippen molar-refractivity contribution in [3.63, 3.8) is 0 Å². The first-order valence-electron chi connectivity index (χ1n) is 6.31. The molecule has 17 heavy (non-hydrogen) atoms. The predicted octanol–water partition coefficient (Wildman–Crippen LogP) is 3.00. The van der Waals surface area contributed by atoms with E-state index in [1.807, 2.05) is 20.8 Å². The molecular formula is C13H24O4. The van der Waals surface area contributed by atoms with Crippen molar-refractivity contribution >= 4 is 5.97 Å². The highest BCUT2D eigenvalue weighted by Crippen LogP contribution is 2.36. The first-order valence-corrected chi connectivity index (χ1v) is 6.31. The number of methoxy groups -OCH3 is 1. The van der Waals surface area contributed by atoms with Crippen LogP contribution in [0.5, 0.6) is 0 Å². The van der Waals surface area contributed by atoms with E-state index in [9.17, 15) is 4.79 Å². The number of ether oxygens (including phenoxy) is 1. The third-order valence-corrected chi connectivity index (χ3v) is 2.93. The second kappa shape index (κ2) is 5.83. The van der Waals surface area contributed by atoms with Gasteiger partial charge in [0, 0.05) is 0 Å². The van der Waals surface area contributed by atoms with Crippen molar-refractivity contribution in [3.05, 3.63) is 0 Å². The monoisotopic (exact) mass is 244 g/mol. The van der Waals surface area contributed by atoms with Crippen molar-refractivity contribution in [3.8, 4) is 0 Å². The van der Waals surface area contributed by atoms with Gasteiger partial charge in [-0.2, -0.15) is 0 Å². The quantitative estimate of drug-likeness (QED) is 0.433. The number of rotatable bonds is 4. The van der Waals surface area contributed by atoms with Crippen molar-refractivity contribution in [2.75, 3.05) is 7.11 Å². The van der Waals surface area contributed by atoms with Crippen LogP contribution in [0.4, 0.5) is 0 Å². The average Bonchev–Trinajstić information content (AvgIpc) is 2.27. The lowest BCUT2D eigenvalue weighted by Gasteiger charge is -2.36. The fourth-order valence-electron chi connectivity index (χ4n) is 2.03. The molecule has 0 aromatic carbocycles. The molecule has 0 aromatic heterocycles. The molecule has 0 amide bonds. The van der Waals surface area contributed by atoms with Crippen LogP contribution in [0.2, 0.25) is 0 Å². The van der Waals surface area contributed by atoms with Crippen LogP contribution < -0.4 is 0 Å². The molecule has 0 heterocycles. The summed E-state index contributed by atoms with van der Waals surface area (Å²) in [7, 11) is 1.41. The largest absolute Gasteiger partial charge is 0.469 e. The minimum Gasteiger partial charge on any atom is -0.469 e. The number of hydrogen-bond acceptors (Lipinski definition) is 4. The van der Waals surface area contributed by atoms with E-state index in [0.29, 0.717) is 0 Å². The van der Waals surface area contributed by atoms with Gasteiger partial charge in [0.25, 0.3) is 0 Å². The molecule has 0 N–H and O–H groups in total. The molecule has 1 aliphatic carbocycles. The molecule has 0 atom stereocenters. The minimum absolute atomic E-state index is 0.232. The molecule has 1 aliphatic rings. The van der Waals surface area contributed by atoms with Gasteiger partial charge in [-0.1, -0.05) is 19.3 Å². The molecular weight excluding hydrogens is 220 g/mol. The Labute approximate surface area is 104 Å². The molecule has 0 aliphatic heterocycles.